The molecule has 0 saturated carbocycles. The third-order valence-electron chi connectivity index (χ3n) is 8.49. The molecule has 0 atom stereocenters. The van der Waals surface area contributed by atoms with Crippen LogP contribution in [0.25, 0.3) is 11.4 Å². The van der Waals surface area contributed by atoms with Crippen LogP contribution in [0, 0.1) is 36.5 Å². The second kappa shape index (κ2) is 16.6. The van der Waals surface area contributed by atoms with Crippen molar-refractivity contribution in [1.29, 1.82) is 10.5 Å². The number of carbonyl (C=O) groups is 2. The smallest absolute Gasteiger partial charge is 0.352 e. The average molecular weight is 754 g/mol. The number of pyridine rings is 2. The minimum atomic E-state index is -4.68. The van der Waals surface area contributed by atoms with E-state index in [1.54, 1.807) is 7.05 Å². The van der Waals surface area contributed by atoms with Crippen molar-refractivity contribution in [2.45, 2.75) is 39.0 Å². The molecule has 0 aliphatic rings. The Morgan fingerprint density at radius 1 is 0.685 bits per heavy atom. The van der Waals surface area contributed by atoms with Crippen LogP contribution in [-0.2, 0) is 12.4 Å². The van der Waals surface area contributed by atoms with Crippen LogP contribution in [0.4, 0.5) is 26.3 Å². The van der Waals surface area contributed by atoms with E-state index in [0.29, 0.717) is 25.9 Å². The van der Waals surface area contributed by atoms with Crippen molar-refractivity contribution in [2.75, 3.05) is 33.2 Å². The van der Waals surface area contributed by atoms with E-state index in [1.807, 2.05) is 17.0 Å². The van der Waals surface area contributed by atoms with E-state index in [-0.39, 0.29) is 47.0 Å². The minimum absolute atomic E-state index is 0.0641. The lowest BCUT2D eigenvalue weighted by Gasteiger charge is -2.18. The lowest BCUT2D eigenvalue weighted by atomic mass is 10.1. The molecular formula is C37H33F6N7O4. The van der Waals surface area contributed by atoms with E-state index >= 15 is 0 Å². The first kappa shape index (κ1) is 40.6. The molecule has 2 N–H and O–H groups in total. The Balaban J connectivity index is 1.33. The van der Waals surface area contributed by atoms with Gasteiger partial charge < -0.3 is 15.5 Å². The molecule has 0 aliphatic carbocycles. The lowest BCUT2D eigenvalue weighted by Crippen LogP contribution is -2.36. The number of nitriles is 2. The third kappa shape index (κ3) is 9.23. The highest BCUT2D eigenvalue weighted by atomic mass is 19.4. The molecule has 2 amide bonds. The maximum absolute atomic E-state index is 13.3. The molecule has 11 nitrogen and oxygen atoms in total. The first-order chi connectivity index (χ1) is 25.4. The van der Waals surface area contributed by atoms with Crippen molar-refractivity contribution in [3.05, 3.63) is 126 Å². The maximum atomic E-state index is 13.3. The zero-order valence-corrected chi connectivity index (χ0v) is 29.2. The lowest BCUT2D eigenvalue weighted by molar-refractivity contribution is -0.138. The molecule has 0 fully saturated rings. The fourth-order valence-corrected chi connectivity index (χ4v) is 5.63. The zero-order valence-electron chi connectivity index (χ0n) is 29.2. The Morgan fingerprint density at radius 3 is 1.39 bits per heavy atom. The number of rotatable bonds is 12. The summed E-state index contributed by atoms with van der Waals surface area (Å²) in [5.41, 5.74) is -4.98. The van der Waals surface area contributed by atoms with Gasteiger partial charge in [-0.3, -0.25) is 28.3 Å². The molecule has 2 aromatic carbocycles. The van der Waals surface area contributed by atoms with Crippen LogP contribution in [0.3, 0.4) is 0 Å². The highest BCUT2D eigenvalue weighted by molar-refractivity contribution is 5.95. The maximum Gasteiger partial charge on any atom is 0.416 e. The average Bonchev–Trinajstić information content (AvgIpc) is 3.11. The van der Waals surface area contributed by atoms with Gasteiger partial charge in [0.1, 0.15) is 23.3 Å². The van der Waals surface area contributed by atoms with Gasteiger partial charge in [0.25, 0.3) is 22.9 Å². The number of nitrogens with one attached hydrogen (secondary N) is 2. The van der Waals surface area contributed by atoms with Crippen molar-refractivity contribution in [3.63, 3.8) is 0 Å². The summed E-state index contributed by atoms with van der Waals surface area (Å²) < 4.78 is 81.7. The quantitative estimate of drug-likeness (QED) is 0.148. The van der Waals surface area contributed by atoms with Gasteiger partial charge in [-0.1, -0.05) is 12.1 Å². The van der Waals surface area contributed by atoms with E-state index in [9.17, 15) is 56.0 Å². The number of benzene rings is 2. The summed E-state index contributed by atoms with van der Waals surface area (Å²) in [6.07, 6.45) is -8.55. The van der Waals surface area contributed by atoms with Gasteiger partial charge in [0, 0.05) is 35.9 Å². The number of alkyl halides is 6. The van der Waals surface area contributed by atoms with Crippen LogP contribution in [-0.4, -0.2) is 59.1 Å². The molecule has 4 aromatic rings. The SMILES string of the molecule is Cc1c(C#N)cc(C(=O)NCCCN(C)CCCNC(=O)c2cc(C#N)c(C)n(-c3cccc(C(F)(F)F)c3)c2=O)c(=O)n1-c1cccc(C(F)(F)F)c1. The van der Waals surface area contributed by atoms with Crippen molar-refractivity contribution < 1.29 is 35.9 Å². The largest absolute Gasteiger partial charge is 0.416 e. The molecule has 0 bridgehead atoms. The Kier molecular flexibility index (Phi) is 12.5. The fourth-order valence-electron chi connectivity index (χ4n) is 5.63. The molecule has 0 saturated heterocycles. The molecule has 0 radical (unpaired) electrons. The van der Waals surface area contributed by atoms with Crippen LogP contribution in [0.2, 0.25) is 0 Å². The number of amides is 2. The van der Waals surface area contributed by atoms with Crippen LogP contribution in [0.5, 0.6) is 0 Å². The summed E-state index contributed by atoms with van der Waals surface area (Å²) in [4.78, 5) is 54.4. The molecule has 2 aromatic heterocycles. The minimum Gasteiger partial charge on any atom is -0.352 e. The number of aromatic nitrogens is 2. The fraction of sp³-hybridized carbons (Fsp3) is 0.297. The van der Waals surface area contributed by atoms with Gasteiger partial charge in [-0.15, -0.1) is 0 Å². The normalized spacial score (nSPS) is 11.6. The van der Waals surface area contributed by atoms with Crippen LogP contribution in [0.1, 0.15) is 67.2 Å². The third-order valence-corrected chi connectivity index (χ3v) is 8.49. The van der Waals surface area contributed by atoms with Gasteiger partial charge in [0.05, 0.1) is 22.3 Å². The van der Waals surface area contributed by atoms with E-state index < -0.39 is 57.5 Å². The first-order valence-electron chi connectivity index (χ1n) is 16.3. The number of hydrogen-bond acceptors (Lipinski definition) is 7. The number of nitrogens with zero attached hydrogens (tertiary/aromatic N) is 5. The van der Waals surface area contributed by atoms with E-state index in [1.165, 1.54) is 26.0 Å². The number of hydrogen-bond donors (Lipinski definition) is 2. The van der Waals surface area contributed by atoms with Gasteiger partial charge in [-0.2, -0.15) is 36.9 Å². The van der Waals surface area contributed by atoms with Crippen molar-refractivity contribution >= 4 is 11.8 Å². The standard InChI is InChI=1S/C37H33F6N7O4/c1-22-24(20-44)16-30(34(53)49(22)28-10-4-8-26(18-28)36(38,39)40)32(51)46-12-6-14-48(3)15-7-13-47-33(52)31-17-25(21-45)23(2)50(35(31)54)29-11-5-9-27(19-29)37(41,42)43/h4-5,8-11,16-19H,6-7,12-15H2,1-3H3,(H,46,51)(H,47,52). The van der Waals surface area contributed by atoms with Crippen molar-refractivity contribution in [3.8, 4) is 23.5 Å². The Bertz CT molecular complexity index is 2120. The summed E-state index contributed by atoms with van der Waals surface area (Å²) in [7, 11) is 1.77. The predicted molar refractivity (Wildman–Crippen MR) is 184 cm³/mol. The van der Waals surface area contributed by atoms with E-state index in [2.05, 4.69) is 10.6 Å². The Labute approximate surface area is 304 Å². The van der Waals surface area contributed by atoms with Crippen LogP contribution >= 0.6 is 0 Å². The monoisotopic (exact) mass is 753 g/mol. The highest BCUT2D eigenvalue weighted by Crippen LogP contribution is 2.31. The molecule has 282 valence electrons. The molecule has 0 aliphatic heterocycles. The molecular weight excluding hydrogens is 720 g/mol. The second-order valence-corrected chi connectivity index (χ2v) is 12.2. The molecule has 0 unspecified atom stereocenters. The van der Waals surface area contributed by atoms with Gasteiger partial charge in [-0.05, 0) is 95.4 Å². The predicted octanol–water partition coefficient (Wildman–Crippen LogP) is 5.26. The second-order valence-electron chi connectivity index (χ2n) is 12.2. The van der Waals surface area contributed by atoms with Gasteiger partial charge >= 0.3 is 12.4 Å². The van der Waals surface area contributed by atoms with Gasteiger partial charge in [0.2, 0.25) is 0 Å². The van der Waals surface area contributed by atoms with Gasteiger partial charge in [0.15, 0.2) is 0 Å². The molecule has 0 spiro atoms. The topological polar surface area (TPSA) is 153 Å². The van der Waals surface area contributed by atoms with Crippen LogP contribution in [0.15, 0.2) is 70.3 Å². The molecule has 17 heteroatoms. The highest BCUT2D eigenvalue weighted by Gasteiger charge is 2.32. The summed E-state index contributed by atoms with van der Waals surface area (Å²) in [5.74, 6) is -1.63. The van der Waals surface area contributed by atoms with Crippen molar-refractivity contribution in [1.82, 2.24) is 24.7 Å². The van der Waals surface area contributed by atoms with E-state index in [4.69, 9.17) is 0 Å². The Hall–Kier alpha value is -6.20. The number of halogens is 6. The zero-order chi connectivity index (χ0) is 40.0. The van der Waals surface area contributed by atoms with E-state index in [0.717, 1.165) is 57.7 Å². The summed E-state index contributed by atoms with van der Waals surface area (Å²) in [6.45, 7) is 3.88. The summed E-state index contributed by atoms with van der Waals surface area (Å²) in [6, 6.07) is 13.9. The van der Waals surface area contributed by atoms with Crippen molar-refractivity contribution in [2.24, 2.45) is 0 Å². The molecule has 54 heavy (non-hydrogen) atoms. The molecule has 2 heterocycles. The summed E-state index contributed by atoms with van der Waals surface area (Å²) >= 11 is 0. The number of carbonyl (C=O) groups excluding carboxylic acids is 2. The molecule has 4 rings (SSSR count). The first-order valence-corrected chi connectivity index (χ1v) is 16.3. The van der Waals surface area contributed by atoms with Crippen LogP contribution < -0.4 is 21.8 Å². The summed E-state index contributed by atoms with van der Waals surface area (Å²) in [5, 5.41) is 24.4. The van der Waals surface area contributed by atoms with Gasteiger partial charge in [-0.25, -0.2) is 0 Å². The Morgan fingerprint density at radius 2 is 1.06 bits per heavy atom.